The van der Waals surface area contributed by atoms with E-state index in [0.29, 0.717) is 41.8 Å². The Kier molecular flexibility index (Phi) is 5.03. The molecule has 2 aliphatic rings. The molecule has 8 heteroatoms. The second-order valence-corrected chi connectivity index (χ2v) is 8.29. The van der Waals surface area contributed by atoms with E-state index < -0.39 is 23.2 Å². The zero-order valence-corrected chi connectivity index (χ0v) is 17.0. The second kappa shape index (κ2) is 7.44. The van der Waals surface area contributed by atoms with Gasteiger partial charge in [0.25, 0.3) is 0 Å². The molecule has 2 aliphatic heterocycles. The van der Waals surface area contributed by atoms with E-state index in [-0.39, 0.29) is 11.7 Å². The smallest absolute Gasteiger partial charge is 0.416 e. The van der Waals surface area contributed by atoms with Crippen LogP contribution in [0.3, 0.4) is 0 Å². The van der Waals surface area contributed by atoms with Crippen molar-refractivity contribution in [3.05, 3.63) is 59.2 Å². The van der Waals surface area contributed by atoms with E-state index >= 15 is 0 Å². The van der Waals surface area contributed by atoms with Crippen LogP contribution in [0.1, 0.15) is 43.4 Å². The van der Waals surface area contributed by atoms with E-state index in [9.17, 15) is 22.8 Å². The largest absolute Gasteiger partial charge is 0.487 e. The number of nitrogens with one attached hydrogen (secondary N) is 2. The molecule has 0 aliphatic carbocycles. The number of alkyl halides is 3. The molecule has 0 atom stereocenters. The molecule has 0 saturated carbocycles. The van der Waals surface area contributed by atoms with Gasteiger partial charge in [0.15, 0.2) is 0 Å². The van der Waals surface area contributed by atoms with Crippen LogP contribution in [0.5, 0.6) is 5.75 Å². The van der Waals surface area contributed by atoms with Crippen molar-refractivity contribution in [3.63, 3.8) is 0 Å². The fourth-order valence-corrected chi connectivity index (χ4v) is 3.93. The summed E-state index contributed by atoms with van der Waals surface area (Å²) in [6, 6.07) is 8.56. The highest BCUT2D eigenvalue weighted by molar-refractivity contribution is 6.06. The Morgan fingerprint density at radius 3 is 2.71 bits per heavy atom. The molecule has 0 spiro atoms. The lowest BCUT2D eigenvalue weighted by Gasteiger charge is -2.34. The van der Waals surface area contributed by atoms with Gasteiger partial charge >= 0.3 is 6.18 Å². The maximum Gasteiger partial charge on any atom is 0.416 e. The van der Waals surface area contributed by atoms with Gasteiger partial charge in [-0.25, -0.2) is 0 Å². The molecule has 162 valence electrons. The Hall–Kier alpha value is -3.29. The summed E-state index contributed by atoms with van der Waals surface area (Å²) < 4.78 is 45.1. The third-order valence-electron chi connectivity index (χ3n) is 5.27. The van der Waals surface area contributed by atoms with Crippen LogP contribution in [0.4, 0.5) is 24.5 Å². The van der Waals surface area contributed by atoms with Gasteiger partial charge in [-0.1, -0.05) is 12.1 Å². The molecule has 0 aromatic heterocycles. The van der Waals surface area contributed by atoms with Crippen molar-refractivity contribution in [2.75, 3.05) is 10.6 Å². The van der Waals surface area contributed by atoms with Crippen molar-refractivity contribution < 1.29 is 27.5 Å². The van der Waals surface area contributed by atoms with Crippen LogP contribution < -0.4 is 15.4 Å². The highest BCUT2D eigenvalue weighted by Gasteiger charge is 2.35. The molecule has 2 amide bonds. The Morgan fingerprint density at radius 2 is 1.97 bits per heavy atom. The van der Waals surface area contributed by atoms with Crippen molar-refractivity contribution in [1.82, 2.24) is 0 Å². The first kappa shape index (κ1) is 21.0. The molecule has 0 bridgehead atoms. The van der Waals surface area contributed by atoms with Crippen molar-refractivity contribution in [2.24, 2.45) is 0 Å². The van der Waals surface area contributed by atoms with E-state index in [4.69, 9.17) is 4.74 Å². The molecular weight excluding hydrogens is 409 g/mol. The summed E-state index contributed by atoms with van der Waals surface area (Å²) in [6.45, 7) is 3.52. The number of hydrogen-bond acceptors (Lipinski definition) is 3. The van der Waals surface area contributed by atoms with Gasteiger partial charge < -0.3 is 15.4 Å². The van der Waals surface area contributed by atoms with E-state index in [2.05, 4.69) is 10.6 Å². The van der Waals surface area contributed by atoms with Crippen LogP contribution >= 0.6 is 0 Å². The molecular formula is C23H21F3N2O3. The first-order valence-electron chi connectivity index (χ1n) is 9.86. The third-order valence-corrected chi connectivity index (χ3v) is 5.27. The van der Waals surface area contributed by atoms with Crippen LogP contribution in [-0.2, 0) is 22.2 Å². The number of carbonyl (C=O) groups is 2. The van der Waals surface area contributed by atoms with Gasteiger partial charge in [-0.05, 0) is 55.7 Å². The van der Waals surface area contributed by atoms with Crippen molar-refractivity contribution in [1.29, 1.82) is 0 Å². The standard InChI is InChI=1S/C23H21F3N2O3/c1-22(2)12-13(15-7-6-14(23(24,25)26)11-19(15)31-22)10-21(30)28-18-5-3-4-17-16(18)8-9-20(29)27-17/h3-7,10-11H,8-9,12H2,1-2H3,(H,27,29)(H,28,30). The molecule has 2 N–H and O–H groups in total. The summed E-state index contributed by atoms with van der Waals surface area (Å²) in [7, 11) is 0. The maximum absolute atomic E-state index is 13.1. The second-order valence-electron chi connectivity index (χ2n) is 8.29. The molecule has 0 radical (unpaired) electrons. The number of ether oxygens (including phenoxy) is 1. The van der Waals surface area contributed by atoms with Gasteiger partial charge in [0.1, 0.15) is 11.4 Å². The van der Waals surface area contributed by atoms with E-state index in [1.165, 1.54) is 12.1 Å². The van der Waals surface area contributed by atoms with Crippen molar-refractivity contribution in [2.45, 2.75) is 44.9 Å². The number of fused-ring (bicyclic) bond motifs is 2. The van der Waals surface area contributed by atoms with Gasteiger partial charge in [-0.15, -0.1) is 0 Å². The topological polar surface area (TPSA) is 67.4 Å². The first-order valence-corrected chi connectivity index (χ1v) is 9.86. The molecule has 0 saturated heterocycles. The average molecular weight is 430 g/mol. The summed E-state index contributed by atoms with van der Waals surface area (Å²) >= 11 is 0. The quantitative estimate of drug-likeness (QED) is 0.646. The average Bonchev–Trinajstić information content (AvgIpc) is 2.65. The monoisotopic (exact) mass is 430 g/mol. The molecule has 2 aromatic carbocycles. The summed E-state index contributed by atoms with van der Waals surface area (Å²) in [5.41, 5.74) is 1.60. The molecule has 0 fully saturated rings. The summed E-state index contributed by atoms with van der Waals surface area (Å²) in [5, 5.41) is 5.62. The number of benzene rings is 2. The van der Waals surface area contributed by atoms with Gasteiger partial charge in [-0.2, -0.15) is 13.2 Å². The highest BCUT2D eigenvalue weighted by Crippen LogP contribution is 2.43. The minimum atomic E-state index is -4.48. The molecule has 2 aromatic rings. The lowest BCUT2D eigenvalue weighted by Crippen LogP contribution is -2.32. The van der Waals surface area contributed by atoms with Gasteiger partial charge in [0.05, 0.1) is 5.56 Å². The Balaban J connectivity index is 1.64. The number of hydrogen-bond donors (Lipinski definition) is 2. The lowest BCUT2D eigenvalue weighted by atomic mass is 9.88. The van der Waals surface area contributed by atoms with E-state index in [0.717, 1.165) is 17.7 Å². The highest BCUT2D eigenvalue weighted by atomic mass is 19.4. The first-order chi connectivity index (χ1) is 14.5. The number of carbonyl (C=O) groups excluding carboxylic acids is 2. The summed E-state index contributed by atoms with van der Waals surface area (Å²) in [5.74, 6) is -0.369. The summed E-state index contributed by atoms with van der Waals surface area (Å²) in [6.07, 6.45) is -1.87. The molecule has 2 heterocycles. The zero-order valence-electron chi connectivity index (χ0n) is 17.0. The Bertz CT molecular complexity index is 1100. The van der Waals surface area contributed by atoms with E-state index in [1.807, 2.05) is 0 Å². The minimum absolute atomic E-state index is 0.0719. The molecule has 0 unspecified atom stereocenters. The number of amides is 2. The number of halogens is 3. The predicted molar refractivity (Wildman–Crippen MR) is 111 cm³/mol. The van der Waals surface area contributed by atoms with Gasteiger partial charge in [-0.3, -0.25) is 9.59 Å². The molecule has 31 heavy (non-hydrogen) atoms. The SMILES string of the molecule is CC1(C)CC(=CC(=O)Nc2cccc3c2CCC(=O)N3)c2ccc(C(F)(F)F)cc2O1. The van der Waals surface area contributed by atoms with Crippen molar-refractivity contribution in [3.8, 4) is 5.75 Å². The number of rotatable bonds is 2. The van der Waals surface area contributed by atoms with Crippen LogP contribution in [0.2, 0.25) is 0 Å². The predicted octanol–water partition coefficient (Wildman–Crippen LogP) is 5.17. The van der Waals surface area contributed by atoms with Crippen molar-refractivity contribution >= 4 is 28.8 Å². The third kappa shape index (κ3) is 4.42. The maximum atomic E-state index is 13.1. The van der Waals surface area contributed by atoms with Crippen LogP contribution in [0, 0.1) is 0 Å². The number of anilines is 2. The normalized spacial score (nSPS) is 18.5. The Morgan fingerprint density at radius 1 is 1.19 bits per heavy atom. The van der Waals surface area contributed by atoms with E-state index in [1.54, 1.807) is 32.0 Å². The van der Waals surface area contributed by atoms with Crippen LogP contribution in [0.15, 0.2) is 42.5 Å². The lowest BCUT2D eigenvalue weighted by molar-refractivity contribution is -0.137. The van der Waals surface area contributed by atoms with Gasteiger partial charge in [0.2, 0.25) is 11.8 Å². The summed E-state index contributed by atoms with van der Waals surface area (Å²) in [4.78, 5) is 24.4. The fourth-order valence-electron chi connectivity index (χ4n) is 3.93. The Labute approximate surface area is 177 Å². The van der Waals surface area contributed by atoms with Gasteiger partial charge in [0, 0.05) is 35.9 Å². The van der Waals surface area contributed by atoms with Crippen LogP contribution in [-0.4, -0.2) is 17.4 Å². The zero-order chi connectivity index (χ0) is 22.4. The molecule has 4 rings (SSSR count). The fraction of sp³-hybridized carbons (Fsp3) is 0.304. The minimum Gasteiger partial charge on any atom is -0.487 e. The molecule has 5 nitrogen and oxygen atoms in total. The van der Waals surface area contributed by atoms with Crippen LogP contribution in [0.25, 0.3) is 5.57 Å².